The molecule has 5 nitrogen and oxygen atoms in total. The molecule has 0 aliphatic carbocycles. The summed E-state index contributed by atoms with van der Waals surface area (Å²) in [5, 5.41) is 14.9. The molecule has 0 amide bonds. The van der Waals surface area contributed by atoms with Crippen molar-refractivity contribution in [1.29, 1.82) is 0 Å². The number of aromatic nitrogens is 1. The highest BCUT2D eigenvalue weighted by atomic mass is 35.5. The Bertz CT molecular complexity index is 657. The van der Waals surface area contributed by atoms with Gasteiger partial charge in [-0.1, -0.05) is 23.7 Å². The molecule has 2 aromatic heterocycles. The lowest BCUT2D eigenvalue weighted by Crippen LogP contribution is -2.32. The number of hydrogen-bond acceptors (Lipinski definition) is 6. The quantitative estimate of drug-likeness (QED) is 0.746. The van der Waals surface area contributed by atoms with Crippen LogP contribution in [0.2, 0.25) is 5.15 Å². The highest BCUT2D eigenvalue weighted by Gasteiger charge is 2.20. The lowest BCUT2D eigenvalue weighted by atomic mass is 10.3. The van der Waals surface area contributed by atoms with Crippen molar-refractivity contribution in [3.05, 3.63) is 46.6 Å². The van der Waals surface area contributed by atoms with Crippen molar-refractivity contribution in [3.63, 3.8) is 0 Å². The summed E-state index contributed by atoms with van der Waals surface area (Å²) in [5.41, 5.74) is 0.910. The average molecular weight is 347 g/mol. The van der Waals surface area contributed by atoms with Crippen LogP contribution in [-0.4, -0.2) is 36.9 Å². The van der Waals surface area contributed by atoms with E-state index in [2.05, 4.69) is 10.3 Å². The summed E-state index contributed by atoms with van der Waals surface area (Å²) in [6.45, 7) is 0.674. The minimum Gasteiger partial charge on any atom is -0.391 e. The first kappa shape index (κ1) is 16.4. The Kier molecular flexibility index (Phi) is 5.72. The molecular formula is C13H15ClN2O3S2. The number of aliphatic hydroxyl groups excluding tert-OH is 1. The average Bonchev–Trinajstić information content (AvgIpc) is 2.95. The Morgan fingerprint density at radius 3 is 2.81 bits per heavy atom. The van der Waals surface area contributed by atoms with Crippen molar-refractivity contribution < 1.29 is 13.5 Å². The Morgan fingerprint density at radius 1 is 1.38 bits per heavy atom. The zero-order chi connectivity index (χ0) is 15.3. The van der Waals surface area contributed by atoms with Crippen LogP contribution in [-0.2, 0) is 16.4 Å². The Labute approximate surface area is 132 Å². The van der Waals surface area contributed by atoms with Crippen molar-refractivity contribution in [1.82, 2.24) is 10.3 Å². The van der Waals surface area contributed by atoms with Crippen LogP contribution in [0.25, 0.3) is 0 Å². The van der Waals surface area contributed by atoms with Gasteiger partial charge < -0.3 is 10.4 Å². The SMILES string of the molecule is O=S(=O)(CC(O)CNCc1ccc(Cl)nc1)c1cccs1. The second-order valence-electron chi connectivity index (χ2n) is 4.49. The molecule has 0 fully saturated rings. The number of hydrogen-bond donors (Lipinski definition) is 2. The first-order valence-corrected chi connectivity index (χ1v) is 9.14. The first-order chi connectivity index (χ1) is 9.97. The fraction of sp³-hybridized carbons (Fsp3) is 0.308. The lowest BCUT2D eigenvalue weighted by molar-refractivity contribution is 0.193. The van der Waals surface area contributed by atoms with E-state index in [1.54, 1.807) is 29.8 Å². The van der Waals surface area contributed by atoms with Crippen molar-refractivity contribution >= 4 is 32.8 Å². The van der Waals surface area contributed by atoms with Gasteiger partial charge in [0.2, 0.25) is 0 Å². The van der Waals surface area contributed by atoms with Crippen LogP contribution in [0.5, 0.6) is 0 Å². The van der Waals surface area contributed by atoms with Crippen LogP contribution in [0.15, 0.2) is 40.1 Å². The summed E-state index contributed by atoms with van der Waals surface area (Å²) in [6.07, 6.45) is 0.668. The van der Waals surface area contributed by atoms with Gasteiger partial charge in [0.25, 0.3) is 0 Å². The molecule has 0 radical (unpaired) electrons. The van der Waals surface area contributed by atoms with E-state index in [9.17, 15) is 13.5 Å². The summed E-state index contributed by atoms with van der Waals surface area (Å²) in [6, 6.07) is 6.71. The zero-order valence-corrected chi connectivity index (χ0v) is 13.5. The number of thiophene rings is 1. The molecule has 0 aromatic carbocycles. The molecule has 0 spiro atoms. The molecule has 0 bridgehead atoms. The number of sulfone groups is 1. The number of nitrogens with one attached hydrogen (secondary N) is 1. The molecule has 2 rings (SSSR count). The van der Waals surface area contributed by atoms with Gasteiger partial charge in [-0.2, -0.15) is 0 Å². The minimum atomic E-state index is -3.42. The molecule has 21 heavy (non-hydrogen) atoms. The molecule has 1 atom stereocenters. The normalized spacial score (nSPS) is 13.2. The van der Waals surface area contributed by atoms with E-state index in [4.69, 9.17) is 11.6 Å². The number of rotatable bonds is 7. The molecule has 0 aliphatic rings. The van der Waals surface area contributed by atoms with E-state index in [0.29, 0.717) is 11.7 Å². The largest absolute Gasteiger partial charge is 0.391 e. The van der Waals surface area contributed by atoms with Gasteiger partial charge in [0.1, 0.15) is 9.36 Å². The molecule has 2 heterocycles. The van der Waals surface area contributed by atoms with Crippen LogP contribution >= 0.6 is 22.9 Å². The van der Waals surface area contributed by atoms with Crippen LogP contribution in [0.1, 0.15) is 5.56 Å². The smallest absolute Gasteiger partial charge is 0.190 e. The molecule has 0 saturated carbocycles. The van der Waals surface area contributed by atoms with Crippen molar-refractivity contribution in [2.75, 3.05) is 12.3 Å². The van der Waals surface area contributed by atoms with Crippen LogP contribution in [0.3, 0.4) is 0 Å². The molecule has 0 aliphatic heterocycles. The van der Waals surface area contributed by atoms with Crippen LogP contribution < -0.4 is 5.32 Å². The van der Waals surface area contributed by atoms with Gasteiger partial charge in [-0.05, 0) is 23.1 Å². The van der Waals surface area contributed by atoms with Gasteiger partial charge in [-0.25, -0.2) is 13.4 Å². The van der Waals surface area contributed by atoms with E-state index in [1.807, 2.05) is 6.07 Å². The van der Waals surface area contributed by atoms with Gasteiger partial charge in [0.15, 0.2) is 9.84 Å². The van der Waals surface area contributed by atoms with Crippen molar-refractivity contribution in [3.8, 4) is 0 Å². The van der Waals surface area contributed by atoms with E-state index < -0.39 is 15.9 Å². The third-order valence-corrected chi connectivity index (χ3v) is 6.22. The highest BCUT2D eigenvalue weighted by molar-refractivity contribution is 7.93. The third kappa shape index (κ3) is 5.05. The topological polar surface area (TPSA) is 79.3 Å². The third-order valence-electron chi connectivity index (χ3n) is 2.71. The van der Waals surface area contributed by atoms with Crippen molar-refractivity contribution in [2.24, 2.45) is 0 Å². The van der Waals surface area contributed by atoms with Gasteiger partial charge in [-0.3, -0.25) is 0 Å². The predicted octanol–water partition coefficient (Wildman–Crippen LogP) is 1.72. The van der Waals surface area contributed by atoms with Crippen LogP contribution in [0, 0.1) is 0 Å². The van der Waals surface area contributed by atoms with Gasteiger partial charge >= 0.3 is 0 Å². The molecule has 2 N–H and O–H groups in total. The maximum absolute atomic E-state index is 12.0. The fourth-order valence-electron chi connectivity index (χ4n) is 1.73. The molecule has 0 saturated heterocycles. The van der Waals surface area contributed by atoms with Gasteiger partial charge in [0.05, 0.1) is 11.9 Å². The van der Waals surface area contributed by atoms with E-state index in [1.165, 1.54) is 0 Å². The van der Waals surface area contributed by atoms with Gasteiger partial charge in [0, 0.05) is 19.3 Å². The molecule has 2 aromatic rings. The Hall–Kier alpha value is -0.990. The summed E-state index contributed by atoms with van der Waals surface area (Å²) < 4.78 is 24.2. The second kappa shape index (κ2) is 7.33. The summed E-state index contributed by atoms with van der Waals surface area (Å²) in [7, 11) is -3.42. The van der Waals surface area contributed by atoms with E-state index in [-0.39, 0.29) is 16.5 Å². The molecule has 114 valence electrons. The monoisotopic (exact) mass is 346 g/mol. The van der Waals surface area contributed by atoms with E-state index in [0.717, 1.165) is 16.9 Å². The van der Waals surface area contributed by atoms with Gasteiger partial charge in [-0.15, -0.1) is 11.3 Å². The van der Waals surface area contributed by atoms with E-state index >= 15 is 0 Å². The maximum Gasteiger partial charge on any atom is 0.190 e. The molecular weight excluding hydrogens is 332 g/mol. The zero-order valence-electron chi connectivity index (χ0n) is 11.1. The Balaban J connectivity index is 1.80. The number of halogens is 1. The fourth-order valence-corrected chi connectivity index (χ4v) is 4.32. The first-order valence-electron chi connectivity index (χ1n) is 6.23. The number of pyridine rings is 1. The second-order valence-corrected chi connectivity index (χ2v) is 8.08. The Morgan fingerprint density at radius 2 is 2.19 bits per heavy atom. The highest BCUT2D eigenvalue weighted by Crippen LogP contribution is 2.18. The number of nitrogens with zero attached hydrogens (tertiary/aromatic N) is 1. The van der Waals surface area contributed by atoms with Crippen LogP contribution in [0.4, 0.5) is 0 Å². The minimum absolute atomic E-state index is 0.188. The summed E-state index contributed by atoms with van der Waals surface area (Å²) in [4.78, 5) is 3.94. The maximum atomic E-state index is 12.0. The summed E-state index contributed by atoms with van der Waals surface area (Å²) in [5.74, 6) is -0.292. The number of aliphatic hydroxyl groups is 1. The summed E-state index contributed by atoms with van der Waals surface area (Å²) >= 11 is 6.83. The standard InChI is InChI=1S/C13H15ClN2O3S2/c14-12-4-3-10(7-16-12)6-15-8-11(17)9-21(18,19)13-2-1-5-20-13/h1-5,7,11,15,17H,6,8-9H2. The molecule has 8 heteroatoms. The predicted molar refractivity (Wildman–Crippen MR) is 83.3 cm³/mol. The van der Waals surface area contributed by atoms with Crippen molar-refractivity contribution in [2.45, 2.75) is 16.9 Å². The lowest BCUT2D eigenvalue weighted by Gasteiger charge is -2.11. The molecule has 1 unspecified atom stereocenters.